The molecule has 3 aromatic carbocycles. The number of methoxy groups -OCH3 is 2. The van der Waals surface area contributed by atoms with Crippen molar-refractivity contribution in [3.63, 3.8) is 0 Å². The van der Waals surface area contributed by atoms with E-state index in [1.54, 1.807) is 36.4 Å². The summed E-state index contributed by atoms with van der Waals surface area (Å²) < 4.78 is 11.0. The number of ether oxygens (including phenoxy) is 2. The second-order valence-corrected chi connectivity index (χ2v) is 13.1. The van der Waals surface area contributed by atoms with Crippen LogP contribution in [0.2, 0.25) is 0 Å². The Morgan fingerprint density at radius 3 is 1.10 bits per heavy atom. The molecule has 0 unspecified atom stereocenters. The first-order valence-corrected chi connectivity index (χ1v) is 17.2. The highest BCUT2D eigenvalue weighted by Crippen LogP contribution is 2.31. The zero-order valence-electron chi connectivity index (χ0n) is 29.2. The van der Waals surface area contributed by atoms with Crippen LogP contribution in [-0.2, 0) is 0 Å². The molecule has 0 saturated heterocycles. The number of carbonyl (C=O) groups excluding carboxylic acids is 6. The number of nitrogens with two attached hydrogens (primary N) is 2. The Hall–Kier alpha value is -5.92. The topological polar surface area (TPSA) is 221 Å². The van der Waals surface area contributed by atoms with Crippen LogP contribution >= 0.6 is 0 Å². The molecule has 0 aromatic heterocycles. The van der Waals surface area contributed by atoms with Crippen molar-refractivity contribution in [3.8, 4) is 11.5 Å². The van der Waals surface area contributed by atoms with Crippen LogP contribution in [0.15, 0.2) is 60.7 Å². The van der Waals surface area contributed by atoms with Crippen LogP contribution in [0.25, 0.3) is 0 Å². The molecular formula is C38H44N6O8. The normalized spacial score (nSPS) is 19.7. The zero-order chi connectivity index (χ0) is 37.4. The summed E-state index contributed by atoms with van der Waals surface area (Å²) in [5, 5.41) is 12.1. The van der Waals surface area contributed by atoms with Gasteiger partial charge in [-0.25, -0.2) is 0 Å². The largest absolute Gasteiger partial charge is 0.496 e. The third-order valence-corrected chi connectivity index (χ3v) is 9.62. The molecule has 274 valence electrons. The molecule has 0 radical (unpaired) electrons. The van der Waals surface area contributed by atoms with Gasteiger partial charge in [-0.3, -0.25) is 28.8 Å². The van der Waals surface area contributed by atoms with Crippen molar-refractivity contribution in [2.75, 3.05) is 14.2 Å². The molecule has 2 aliphatic rings. The van der Waals surface area contributed by atoms with Gasteiger partial charge in [0.25, 0.3) is 23.6 Å². The van der Waals surface area contributed by atoms with Gasteiger partial charge < -0.3 is 42.2 Å². The predicted octanol–water partition coefficient (Wildman–Crippen LogP) is 2.84. The van der Waals surface area contributed by atoms with Crippen molar-refractivity contribution >= 4 is 35.4 Å². The second kappa shape index (κ2) is 16.9. The molecule has 0 spiro atoms. The molecule has 52 heavy (non-hydrogen) atoms. The number of amides is 6. The monoisotopic (exact) mass is 712 g/mol. The fourth-order valence-electron chi connectivity index (χ4n) is 6.71. The number of primary amides is 2. The maximum Gasteiger partial charge on any atom is 0.255 e. The minimum absolute atomic E-state index is 0.101. The van der Waals surface area contributed by atoms with Crippen LogP contribution in [0.1, 0.15) is 114 Å². The Labute approximate surface area is 301 Å². The van der Waals surface area contributed by atoms with E-state index in [0.29, 0.717) is 62.5 Å². The lowest BCUT2D eigenvalue weighted by atomic mass is 9.90. The van der Waals surface area contributed by atoms with Gasteiger partial charge in [-0.05, 0) is 93.8 Å². The molecule has 8 N–H and O–H groups in total. The Balaban J connectivity index is 1.14. The van der Waals surface area contributed by atoms with E-state index in [1.165, 1.54) is 38.5 Å². The van der Waals surface area contributed by atoms with Crippen LogP contribution < -0.4 is 42.2 Å². The molecule has 0 aliphatic heterocycles. The lowest BCUT2D eigenvalue weighted by Gasteiger charge is -2.30. The van der Waals surface area contributed by atoms with Crippen molar-refractivity contribution in [1.29, 1.82) is 0 Å². The maximum atomic E-state index is 13.5. The van der Waals surface area contributed by atoms with Crippen molar-refractivity contribution in [3.05, 3.63) is 94.0 Å². The standard InChI is InChI=1S/C38H44N6O8/c1-51-31-20-32(52-2)30(38(50)44-28-15-11-26(12-16-28)42-36(48)24-8-4-6-22(18-24)34(40)46)19-29(31)37(49)43-27-13-9-25(10-14-27)41-35(47)23-7-3-5-21(17-23)33(39)45/h3-8,17-20,25-28H,9-16H2,1-2H3,(H2,39,45)(H2,40,46)(H,41,47)(H,42,48)(H,43,49)(H,44,50). The van der Waals surface area contributed by atoms with E-state index >= 15 is 0 Å². The van der Waals surface area contributed by atoms with Crippen molar-refractivity contribution in [1.82, 2.24) is 21.3 Å². The van der Waals surface area contributed by atoms with Crippen LogP contribution in [-0.4, -0.2) is 73.8 Å². The zero-order valence-corrected chi connectivity index (χ0v) is 29.2. The molecule has 0 bridgehead atoms. The summed E-state index contributed by atoms with van der Waals surface area (Å²) >= 11 is 0. The summed E-state index contributed by atoms with van der Waals surface area (Å²) in [4.78, 5) is 75.6. The van der Waals surface area contributed by atoms with E-state index in [9.17, 15) is 28.8 Å². The molecule has 2 fully saturated rings. The molecule has 2 aliphatic carbocycles. The Kier molecular flexibility index (Phi) is 12.1. The predicted molar refractivity (Wildman–Crippen MR) is 191 cm³/mol. The third-order valence-electron chi connectivity index (χ3n) is 9.62. The minimum Gasteiger partial charge on any atom is -0.496 e. The van der Waals surface area contributed by atoms with Gasteiger partial charge in [-0.1, -0.05) is 12.1 Å². The molecule has 14 heteroatoms. The lowest BCUT2D eigenvalue weighted by molar-refractivity contribution is 0.0885. The third kappa shape index (κ3) is 9.24. The van der Waals surface area contributed by atoms with E-state index in [-0.39, 0.29) is 69.7 Å². The highest BCUT2D eigenvalue weighted by Gasteiger charge is 2.29. The van der Waals surface area contributed by atoms with Crippen molar-refractivity contribution < 1.29 is 38.2 Å². The highest BCUT2D eigenvalue weighted by molar-refractivity contribution is 6.04. The quantitative estimate of drug-likeness (QED) is 0.164. The number of hydrogen-bond donors (Lipinski definition) is 6. The molecule has 0 atom stereocenters. The molecular weight excluding hydrogens is 668 g/mol. The number of carbonyl (C=O) groups is 6. The van der Waals surface area contributed by atoms with Crippen LogP contribution in [0.5, 0.6) is 11.5 Å². The lowest BCUT2D eigenvalue weighted by Crippen LogP contribution is -2.44. The van der Waals surface area contributed by atoms with E-state index in [0.717, 1.165) is 0 Å². The van der Waals surface area contributed by atoms with Gasteiger partial charge in [-0.15, -0.1) is 0 Å². The first-order valence-electron chi connectivity index (χ1n) is 17.2. The summed E-state index contributed by atoms with van der Waals surface area (Å²) in [5.74, 6) is -2.11. The van der Waals surface area contributed by atoms with Gasteiger partial charge in [0, 0.05) is 52.5 Å². The summed E-state index contributed by atoms with van der Waals surface area (Å²) in [6.45, 7) is 0. The van der Waals surface area contributed by atoms with Crippen LogP contribution in [0.4, 0.5) is 0 Å². The van der Waals surface area contributed by atoms with Gasteiger partial charge in [0.05, 0.1) is 25.3 Å². The molecule has 6 amide bonds. The van der Waals surface area contributed by atoms with Gasteiger partial charge >= 0.3 is 0 Å². The van der Waals surface area contributed by atoms with Gasteiger partial charge in [-0.2, -0.15) is 0 Å². The number of rotatable bonds is 12. The van der Waals surface area contributed by atoms with Crippen LogP contribution in [0, 0.1) is 0 Å². The number of hydrogen-bond acceptors (Lipinski definition) is 8. The first kappa shape index (κ1) is 37.3. The number of nitrogens with one attached hydrogen (secondary N) is 4. The summed E-state index contributed by atoms with van der Waals surface area (Å²) in [5.41, 5.74) is 12.3. The Morgan fingerprint density at radius 2 is 0.788 bits per heavy atom. The average molecular weight is 713 g/mol. The number of benzene rings is 3. The molecule has 14 nitrogen and oxygen atoms in total. The van der Waals surface area contributed by atoms with Gasteiger partial charge in [0.1, 0.15) is 11.5 Å². The smallest absolute Gasteiger partial charge is 0.255 e. The van der Waals surface area contributed by atoms with Gasteiger partial charge in [0.15, 0.2) is 0 Å². The highest BCUT2D eigenvalue weighted by atomic mass is 16.5. The summed E-state index contributed by atoms with van der Waals surface area (Å²) in [6.07, 6.45) is 5.00. The molecule has 2 saturated carbocycles. The summed E-state index contributed by atoms with van der Waals surface area (Å²) in [7, 11) is 2.87. The fourth-order valence-corrected chi connectivity index (χ4v) is 6.71. The van der Waals surface area contributed by atoms with E-state index < -0.39 is 23.6 Å². The fraction of sp³-hybridized carbons (Fsp3) is 0.368. The Morgan fingerprint density at radius 1 is 0.481 bits per heavy atom. The SMILES string of the molecule is COc1cc(OC)c(C(=O)NC2CCC(NC(=O)c3cccc(C(N)=O)c3)CC2)cc1C(=O)NC1CCC(NC(=O)c2cccc(C(N)=O)c2)CC1. The minimum atomic E-state index is -0.609. The second-order valence-electron chi connectivity index (χ2n) is 13.1. The van der Waals surface area contributed by atoms with E-state index in [2.05, 4.69) is 21.3 Å². The van der Waals surface area contributed by atoms with Crippen molar-refractivity contribution in [2.24, 2.45) is 11.5 Å². The maximum absolute atomic E-state index is 13.5. The average Bonchev–Trinajstić information content (AvgIpc) is 3.15. The first-order chi connectivity index (χ1) is 24.9. The van der Waals surface area contributed by atoms with E-state index in [4.69, 9.17) is 20.9 Å². The summed E-state index contributed by atoms with van der Waals surface area (Å²) in [6, 6.07) is 14.9. The van der Waals surface area contributed by atoms with E-state index in [1.807, 2.05) is 0 Å². The van der Waals surface area contributed by atoms with Crippen molar-refractivity contribution in [2.45, 2.75) is 75.5 Å². The van der Waals surface area contributed by atoms with Crippen LogP contribution in [0.3, 0.4) is 0 Å². The van der Waals surface area contributed by atoms with Gasteiger partial charge in [0.2, 0.25) is 11.8 Å². The molecule has 0 heterocycles. The molecule has 3 aromatic rings. The molecule has 5 rings (SSSR count). The Bertz CT molecular complexity index is 1720.